The van der Waals surface area contributed by atoms with E-state index < -0.39 is 14.7 Å². The number of carbonyl (C=O) groups excluding carboxylic acids is 1. The molecule has 0 fully saturated rings. The molecule has 0 atom stereocenters. The topological polar surface area (TPSA) is 52.6 Å². The van der Waals surface area contributed by atoms with E-state index in [4.69, 9.17) is 0 Å². The van der Waals surface area contributed by atoms with Gasteiger partial charge in [-0.2, -0.15) is 0 Å². The molecule has 0 N–H and O–H groups in total. The summed E-state index contributed by atoms with van der Waals surface area (Å²) >= 11 is 0. The average molecular weight is 252 g/mol. The molecule has 0 radical (unpaired) electrons. The van der Waals surface area contributed by atoms with Crippen LogP contribution in [-0.2, 0) is 9.30 Å². The smallest absolute Gasteiger partial charge is 1.00 e. The molecule has 0 aliphatic rings. The summed E-state index contributed by atoms with van der Waals surface area (Å²) in [5.41, 5.74) is 0.428. The summed E-state index contributed by atoms with van der Waals surface area (Å²) in [5.74, 6) is 0.0237. The van der Waals surface area contributed by atoms with E-state index in [1.807, 2.05) is 0 Å². The van der Waals surface area contributed by atoms with Crippen molar-refractivity contribution in [3.8, 4) is 5.75 Å². The van der Waals surface area contributed by atoms with E-state index in [0.717, 1.165) is 0 Å². The first kappa shape index (κ1) is 17.5. The second-order valence-electron chi connectivity index (χ2n) is 2.18. The summed E-state index contributed by atoms with van der Waals surface area (Å²) in [5, 5.41) is 0. The zero-order valence-corrected chi connectivity index (χ0v) is 10.8. The van der Waals surface area contributed by atoms with Crippen LogP contribution in [0.4, 0.5) is 0 Å². The third kappa shape index (κ3) is 5.68. The predicted molar refractivity (Wildman–Crippen MR) is 57.1 cm³/mol. The molecule has 0 aliphatic carbocycles. The fraction of sp³-hybridized carbons (Fsp3) is 0.125. The number of benzene rings is 1. The van der Waals surface area contributed by atoms with Crippen LogP contribution in [0.2, 0.25) is 0 Å². The molecule has 0 aromatic heterocycles. The largest absolute Gasteiger partial charge is 1.00 e. The minimum absolute atomic E-state index is 0. The minimum atomic E-state index is -0.415. The molecule has 7 heteroatoms. The first-order chi connectivity index (χ1) is 6.27. The minimum Gasteiger partial charge on any atom is -1.00 e. The van der Waals surface area contributed by atoms with E-state index in [1.165, 1.54) is 31.4 Å². The second-order valence-corrected chi connectivity index (χ2v) is 2.51. The number of esters is 1. The van der Waals surface area contributed by atoms with Gasteiger partial charge >= 0.3 is 44.2 Å². The van der Waals surface area contributed by atoms with Crippen LogP contribution in [-0.4, -0.2) is 30.4 Å². The second kappa shape index (κ2) is 9.36. The van der Waals surface area contributed by atoms with Gasteiger partial charge in [0.05, 0.1) is 12.7 Å². The van der Waals surface area contributed by atoms with Gasteiger partial charge in [0.2, 0.25) is 0 Å². The fourth-order valence-corrected chi connectivity index (χ4v) is 1.02. The van der Waals surface area contributed by atoms with Crippen LogP contribution in [0.1, 0.15) is 11.8 Å². The molecule has 0 saturated heterocycles. The molecule has 1 aromatic carbocycles. The SMILES string of the molecule is COC(=O)c1ccc(OP=O)cc1.[AlH3].[H-].[Na+]. The Labute approximate surface area is 124 Å². The Bertz CT molecular complexity index is 322. The number of methoxy groups -OCH3 is 1. The van der Waals surface area contributed by atoms with Crippen LogP contribution in [0, 0.1) is 0 Å². The molecular formula is C8H11AlNaO4P. The summed E-state index contributed by atoms with van der Waals surface area (Å²) in [6.07, 6.45) is 0. The maximum Gasteiger partial charge on any atom is 1.00 e. The maximum atomic E-state index is 11.0. The fourth-order valence-electron chi connectivity index (χ4n) is 0.813. The number of rotatable bonds is 3. The molecule has 1 aromatic rings. The third-order valence-electron chi connectivity index (χ3n) is 1.42. The van der Waals surface area contributed by atoms with E-state index in [-0.39, 0.29) is 48.3 Å². The molecule has 0 aliphatic heterocycles. The maximum absolute atomic E-state index is 11.0. The van der Waals surface area contributed by atoms with Crippen LogP contribution in [0.3, 0.4) is 0 Å². The molecule has 15 heavy (non-hydrogen) atoms. The van der Waals surface area contributed by atoms with Gasteiger partial charge in [-0.05, 0) is 24.3 Å². The van der Waals surface area contributed by atoms with Crippen molar-refractivity contribution in [3.05, 3.63) is 29.8 Å². The summed E-state index contributed by atoms with van der Waals surface area (Å²) < 4.78 is 19.2. The first-order valence-electron chi connectivity index (χ1n) is 3.46. The zero-order chi connectivity index (χ0) is 9.68. The van der Waals surface area contributed by atoms with E-state index >= 15 is 0 Å². The van der Waals surface area contributed by atoms with E-state index in [9.17, 15) is 9.36 Å². The van der Waals surface area contributed by atoms with Crippen LogP contribution >= 0.6 is 8.69 Å². The Morgan fingerprint density at radius 3 is 2.27 bits per heavy atom. The van der Waals surface area contributed by atoms with E-state index in [2.05, 4.69) is 9.26 Å². The molecule has 0 saturated carbocycles. The standard InChI is InChI=1S/C8H7O4P.Al.Na.4H/c1-11-8(9)6-2-4-7(5-3-6)12-13-10;;;;;;/h2-5H,1H3;;;;;;/q;;+1;;;;-1. The molecule has 0 spiro atoms. The summed E-state index contributed by atoms with van der Waals surface area (Å²) in [6.45, 7) is 0. The van der Waals surface area contributed by atoms with Crippen molar-refractivity contribution in [1.29, 1.82) is 0 Å². The van der Waals surface area contributed by atoms with Gasteiger partial charge in [0.1, 0.15) is 5.75 Å². The molecule has 4 nitrogen and oxygen atoms in total. The number of ether oxygens (including phenoxy) is 1. The number of carbonyl (C=O) groups is 1. The van der Waals surface area contributed by atoms with Crippen molar-refractivity contribution in [2.24, 2.45) is 0 Å². The quantitative estimate of drug-likeness (QED) is 0.354. The predicted octanol–water partition coefficient (Wildman–Crippen LogP) is -2.01. The Balaban J connectivity index is -0.000000563. The van der Waals surface area contributed by atoms with E-state index in [1.54, 1.807) is 0 Å². The van der Waals surface area contributed by atoms with Gasteiger partial charge < -0.3 is 10.7 Å². The molecule has 0 heterocycles. The van der Waals surface area contributed by atoms with Gasteiger partial charge in [0, 0.05) is 0 Å². The molecule has 0 amide bonds. The van der Waals surface area contributed by atoms with Gasteiger partial charge in [-0.25, -0.2) is 9.36 Å². The molecule has 1 rings (SSSR count). The zero-order valence-electron chi connectivity index (χ0n) is 8.89. The van der Waals surface area contributed by atoms with Gasteiger partial charge in [0.25, 0.3) is 0 Å². The molecular weight excluding hydrogens is 241 g/mol. The van der Waals surface area contributed by atoms with Crippen LogP contribution in [0.15, 0.2) is 24.3 Å². The van der Waals surface area contributed by atoms with Gasteiger partial charge in [0.15, 0.2) is 17.4 Å². The average Bonchev–Trinajstić information content (AvgIpc) is 2.18. The Morgan fingerprint density at radius 2 is 1.87 bits per heavy atom. The number of hydrogen-bond donors (Lipinski definition) is 0. The Kier molecular flexibility index (Phi) is 10.9. The monoisotopic (exact) mass is 252 g/mol. The van der Waals surface area contributed by atoms with Crippen LogP contribution in [0.5, 0.6) is 5.75 Å². The van der Waals surface area contributed by atoms with Crippen molar-refractivity contribution in [1.82, 2.24) is 0 Å². The third-order valence-corrected chi connectivity index (χ3v) is 1.70. The van der Waals surface area contributed by atoms with Crippen LogP contribution < -0.4 is 34.1 Å². The summed E-state index contributed by atoms with van der Waals surface area (Å²) in [7, 11) is 0.893. The molecule has 76 valence electrons. The first-order valence-corrected chi connectivity index (χ1v) is 4.19. The van der Waals surface area contributed by atoms with Gasteiger partial charge in [-0.3, -0.25) is 0 Å². The van der Waals surface area contributed by atoms with Crippen molar-refractivity contribution >= 4 is 32.0 Å². The number of hydrogen-bond acceptors (Lipinski definition) is 4. The Morgan fingerprint density at radius 1 is 1.33 bits per heavy atom. The van der Waals surface area contributed by atoms with Crippen molar-refractivity contribution in [2.75, 3.05) is 7.11 Å². The van der Waals surface area contributed by atoms with Crippen molar-refractivity contribution < 1.29 is 49.6 Å². The summed E-state index contributed by atoms with van der Waals surface area (Å²) in [6, 6.07) is 6.15. The van der Waals surface area contributed by atoms with Crippen molar-refractivity contribution in [2.45, 2.75) is 0 Å². The van der Waals surface area contributed by atoms with E-state index in [0.29, 0.717) is 11.3 Å². The van der Waals surface area contributed by atoms with Crippen LogP contribution in [0.25, 0.3) is 0 Å². The Hall–Kier alpha value is 0.122. The van der Waals surface area contributed by atoms with Gasteiger partial charge in [-0.15, -0.1) is 0 Å². The molecule has 0 bridgehead atoms. The van der Waals surface area contributed by atoms with Crippen molar-refractivity contribution in [3.63, 3.8) is 0 Å². The molecule has 0 unspecified atom stereocenters. The van der Waals surface area contributed by atoms with Gasteiger partial charge in [-0.1, -0.05) is 0 Å². The summed E-state index contributed by atoms with van der Waals surface area (Å²) in [4.78, 5) is 11.0. The normalized spacial score (nSPS) is 8.33.